The van der Waals surface area contributed by atoms with Gasteiger partial charge in [0.1, 0.15) is 16.5 Å². The summed E-state index contributed by atoms with van der Waals surface area (Å²) in [6, 6.07) is 13.4. The molecule has 0 spiro atoms. The van der Waals surface area contributed by atoms with Crippen LogP contribution in [-0.2, 0) is 12.3 Å². The summed E-state index contributed by atoms with van der Waals surface area (Å²) in [7, 11) is 3.29. The average molecular weight is 473 g/mol. The first-order chi connectivity index (χ1) is 15.1. The first-order valence-corrected chi connectivity index (χ1v) is 11.9. The van der Waals surface area contributed by atoms with Crippen LogP contribution in [0.3, 0.4) is 0 Å². The summed E-state index contributed by atoms with van der Waals surface area (Å²) in [4.78, 5) is 4.79. The third kappa shape index (κ3) is 4.71. The van der Waals surface area contributed by atoms with Crippen LogP contribution in [0.4, 0.5) is 0 Å². The van der Waals surface area contributed by atoms with Crippen LogP contribution in [0.1, 0.15) is 12.6 Å². The van der Waals surface area contributed by atoms with E-state index >= 15 is 0 Å². The van der Waals surface area contributed by atoms with Gasteiger partial charge in [-0.2, -0.15) is 0 Å². The number of hydrogen-bond donors (Lipinski definition) is 0. The van der Waals surface area contributed by atoms with Crippen molar-refractivity contribution in [3.63, 3.8) is 0 Å². The third-order valence-electron chi connectivity index (χ3n) is 4.68. The normalized spacial score (nSPS) is 11.0. The number of hydrogen-bond acceptors (Lipinski definition) is 7. The number of methoxy groups -OCH3 is 2. The monoisotopic (exact) mass is 472 g/mol. The largest absolute Gasteiger partial charge is 0.497 e. The molecule has 0 saturated heterocycles. The number of aromatic nitrogens is 4. The Morgan fingerprint density at radius 3 is 2.58 bits per heavy atom. The minimum Gasteiger partial charge on any atom is -0.497 e. The van der Waals surface area contributed by atoms with Gasteiger partial charge >= 0.3 is 0 Å². The molecule has 0 fully saturated rings. The van der Waals surface area contributed by atoms with Crippen molar-refractivity contribution in [2.75, 3.05) is 14.2 Å². The molecule has 6 nitrogen and oxygen atoms in total. The molecule has 0 unspecified atom stereocenters. The first kappa shape index (κ1) is 21.7. The van der Waals surface area contributed by atoms with Crippen LogP contribution in [0.25, 0.3) is 22.0 Å². The zero-order chi connectivity index (χ0) is 21.8. The number of thiazole rings is 1. The Balaban J connectivity index is 1.51. The highest BCUT2D eigenvalue weighted by atomic mass is 35.5. The highest BCUT2D eigenvalue weighted by Gasteiger charge is 2.15. The Hall–Kier alpha value is -2.55. The van der Waals surface area contributed by atoms with E-state index in [9.17, 15) is 0 Å². The summed E-state index contributed by atoms with van der Waals surface area (Å²) in [5.41, 5.74) is 2.93. The highest BCUT2D eigenvalue weighted by molar-refractivity contribution is 7.98. The summed E-state index contributed by atoms with van der Waals surface area (Å²) in [6.45, 7) is 2.86. The van der Waals surface area contributed by atoms with Gasteiger partial charge in [0.2, 0.25) is 0 Å². The topological polar surface area (TPSA) is 62.1 Å². The Morgan fingerprint density at radius 2 is 1.87 bits per heavy atom. The van der Waals surface area contributed by atoms with Crippen molar-refractivity contribution in [1.82, 2.24) is 19.7 Å². The standard InChI is InChI=1S/C22H21ClN4O2S2/c1-4-27-20(14-5-7-15(23)8-6-14)25-26-22(27)31-13-16-12-30-21(24-16)18-10-9-17(28-2)11-19(18)29-3/h5-12H,4,13H2,1-3H3. The summed E-state index contributed by atoms with van der Waals surface area (Å²) in [6.07, 6.45) is 0. The lowest BCUT2D eigenvalue weighted by Gasteiger charge is -2.08. The van der Waals surface area contributed by atoms with Crippen LogP contribution in [0.2, 0.25) is 5.02 Å². The van der Waals surface area contributed by atoms with E-state index in [1.807, 2.05) is 42.5 Å². The average Bonchev–Trinajstić information content (AvgIpc) is 3.44. The molecule has 0 atom stereocenters. The van der Waals surface area contributed by atoms with Crippen LogP contribution in [-0.4, -0.2) is 34.0 Å². The number of nitrogens with zero attached hydrogens (tertiary/aromatic N) is 4. The Labute approximate surface area is 194 Å². The van der Waals surface area contributed by atoms with Crippen molar-refractivity contribution in [2.24, 2.45) is 0 Å². The van der Waals surface area contributed by atoms with Crippen molar-refractivity contribution in [3.8, 4) is 33.5 Å². The van der Waals surface area contributed by atoms with Gasteiger partial charge in [-0.15, -0.1) is 21.5 Å². The maximum Gasteiger partial charge on any atom is 0.191 e. The van der Waals surface area contributed by atoms with Gasteiger partial charge in [0, 0.05) is 34.3 Å². The van der Waals surface area contributed by atoms with Gasteiger partial charge < -0.3 is 14.0 Å². The number of ether oxygens (including phenoxy) is 2. The summed E-state index contributed by atoms with van der Waals surface area (Å²) < 4.78 is 12.9. The van der Waals surface area contributed by atoms with Crippen LogP contribution in [0.15, 0.2) is 53.0 Å². The van der Waals surface area contributed by atoms with Crippen LogP contribution >= 0.6 is 34.7 Å². The second-order valence-corrected chi connectivity index (χ2v) is 8.79. The van der Waals surface area contributed by atoms with Crippen LogP contribution in [0.5, 0.6) is 11.5 Å². The van der Waals surface area contributed by atoms with E-state index < -0.39 is 0 Å². The van der Waals surface area contributed by atoms with E-state index in [1.54, 1.807) is 37.3 Å². The van der Waals surface area contributed by atoms with Crippen molar-refractivity contribution in [3.05, 3.63) is 58.6 Å². The summed E-state index contributed by atoms with van der Waals surface area (Å²) in [5.74, 6) is 3.03. The molecule has 2 aromatic carbocycles. The second kappa shape index (κ2) is 9.72. The van der Waals surface area contributed by atoms with Gasteiger partial charge in [0.15, 0.2) is 11.0 Å². The van der Waals surface area contributed by atoms with Gasteiger partial charge in [-0.3, -0.25) is 0 Å². The van der Waals surface area contributed by atoms with Gasteiger partial charge in [0.25, 0.3) is 0 Å². The zero-order valence-electron chi connectivity index (χ0n) is 17.3. The number of halogens is 1. The van der Waals surface area contributed by atoms with Gasteiger partial charge in [0.05, 0.1) is 25.5 Å². The van der Waals surface area contributed by atoms with Gasteiger partial charge in [-0.1, -0.05) is 23.4 Å². The molecular weight excluding hydrogens is 452 g/mol. The number of rotatable bonds is 8. The summed E-state index contributed by atoms with van der Waals surface area (Å²) in [5, 5.41) is 13.3. The van der Waals surface area contributed by atoms with Crippen molar-refractivity contribution in [2.45, 2.75) is 24.4 Å². The molecule has 0 saturated carbocycles. The number of benzene rings is 2. The Morgan fingerprint density at radius 1 is 1.06 bits per heavy atom. The van der Waals surface area contributed by atoms with E-state index in [0.717, 1.165) is 50.9 Å². The molecule has 0 radical (unpaired) electrons. The SMILES string of the molecule is CCn1c(SCc2csc(-c3ccc(OC)cc3OC)n2)nnc1-c1ccc(Cl)cc1. The van der Waals surface area contributed by atoms with Gasteiger partial charge in [-0.05, 0) is 43.3 Å². The maximum absolute atomic E-state index is 6.01. The Bertz CT molecular complexity index is 1170. The van der Waals surface area contributed by atoms with Crippen molar-refractivity contribution in [1.29, 1.82) is 0 Å². The molecule has 2 aromatic heterocycles. The molecular formula is C22H21ClN4O2S2. The fourth-order valence-electron chi connectivity index (χ4n) is 3.10. The first-order valence-electron chi connectivity index (χ1n) is 9.61. The molecule has 0 bridgehead atoms. The molecule has 0 aliphatic rings. The molecule has 0 N–H and O–H groups in total. The third-order valence-corrected chi connectivity index (χ3v) is 6.85. The van der Waals surface area contributed by atoms with E-state index in [2.05, 4.69) is 27.1 Å². The molecule has 2 heterocycles. The smallest absolute Gasteiger partial charge is 0.191 e. The molecule has 0 aliphatic heterocycles. The molecule has 9 heteroatoms. The van der Waals surface area contributed by atoms with E-state index in [1.165, 1.54) is 0 Å². The van der Waals surface area contributed by atoms with Crippen LogP contribution < -0.4 is 9.47 Å². The molecule has 0 aliphatic carbocycles. The second-order valence-electron chi connectivity index (χ2n) is 6.56. The lowest BCUT2D eigenvalue weighted by Crippen LogP contribution is -1.99. The molecule has 160 valence electrons. The minimum atomic E-state index is 0.702. The van der Waals surface area contributed by atoms with E-state index in [-0.39, 0.29) is 0 Å². The lowest BCUT2D eigenvalue weighted by atomic mass is 10.2. The summed E-state index contributed by atoms with van der Waals surface area (Å²) >= 11 is 9.23. The number of thioether (sulfide) groups is 1. The Kier molecular flexibility index (Phi) is 6.80. The maximum atomic E-state index is 6.01. The van der Waals surface area contributed by atoms with Crippen molar-refractivity contribution >= 4 is 34.7 Å². The zero-order valence-corrected chi connectivity index (χ0v) is 19.7. The fourth-order valence-corrected chi connectivity index (χ4v) is 5.08. The molecule has 4 aromatic rings. The lowest BCUT2D eigenvalue weighted by molar-refractivity contribution is 0.395. The van der Waals surface area contributed by atoms with Gasteiger partial charge in [-0.25, -0.2) is 4.98 Å². The predicted octanol–water partition coefficient (Wildman–Crippen LogP) is 6.05. The van der Waals surface area contributed by atoms with E-state index in [0.29, 0.717) is 10.8 Å². The fraction of sp³-hybridized carbons (Fsp3) is 0.227. The van der Waals surface area contributed by atoms with E-state index in [4.69, 9.17) is 26.1 Å². The molecule has 0 amide bonds. The quantitative estimate of drug-likeness (QED) is 0.291. The minimum absolute atomic E-state index is 0.702. The highest BCUT2D eigenvalue weighted by Crippen LogP contribution is 2.36. The molecule has 31 heavy (non-hydrogen) atoms. The van der Waals surface area contributed by atoms with Crippen molar-refractivity contribution < 1.29 is 9.47 Å². The molecule has 4 rings (SSSR count). The predicted molar refractivity (Wildman–Crippen MR) is 126 cm³/mol. The van der Waals surface area contributed by atoms with Crippen LogP contribution in [0, 0.1) is 0 Å².